The van der Waals surface area contributed by atoms with Crippen molar-refractivity contribution in [2.45, 2.75) is 6.10 Å². The van der Waals surface area contributed by atoms with Crippen molar-refractivity contribution in [3.8, 4) is 0 Å². The fourth-order valence-corrected chi connectivity index (χ4v) is 3.33. The average molecular weight is 382 g/mol. The van der Waals surface area contributed by atoms with Crippen molar-refractivity contribution in [2.75, 3.05) is 25.0 Å². The maximum atomic E-state index is 11.3. The minimum Gasteiger partial charge on any atom is -0.477 e. The van der Waals surface area contributed by atoms with Gasteiger partial charge >= 0.3 is 5.97 Å². The zero-order chi connectivity index (χ0) is 19.7. The third-order valence-electron chi connectivity index (χ3n) is 4.66. The summed E-state index contributed by atoms with van der Waals surface area (Å²) in [6, 6.07) is 12.0. The predicted octanol–water partition coefficient (Wildman–Crippen LogP) is 3.18. The summed E-state index contributed by atoms with van der Waals surface area (Å²) < 4.78 is 5.78. The van der Waals surface area contributed by atoms with Gasteiger partial charge < -0.3 is 25.5 Å². The standard InChI is InChI=1S/C19H18N4O5/c24-19(25)15-9-13-14(4-5-16(23(26)27)18(13)22-15)21-12-3-1-2-11(8-12)17-10-20-6-7-28-17/h1-5,8-9,17,20-22H,6-7,10H2,(H,24,25). The van der Waals surface area contributed by atoms with Crippen LogP contribution in [0.15, 0.2) is 42.5 Å². The number of nitrogens with zero attached hydrogens (tertiary/aromatic N) is 1. The van der Waals surface area contributed by atoms with Gasteiger partial charge in [0, 0.05) is 35.9 Å². The van der Waals surface area contributed by atoms with Gasteiger partial charge in [-0.2, -0.15) is 0 Å². The maximum absolute atomic E-state index is 11.3. The van der Waals surface area contributed by atoms with Crippen molar-refractivity contribution in [1.29, 1.82) is 0 Å². The van der Waals surface area contributed by atoms with E-state index in [9.17, 15) is 20.0 Å². The zero-order valence-corrected chi connectivity index (χ0v) is 14.8. The second-order valence-corrected chi connectivity index (χ2v) is 6.48. The van der Waals surface area contributed by atoms with Crippen LogP contribution in [0.1, 0.15) is 22.2 Å². The lowest BCUT2D eigenvalue weighted by Gasteiger charge is -2.24. The highest BCUT2D eigenvalue weighted by molar-refractivity contribution is 6.03. The van der Waals surface area contributed by atoms with Gasteiger partial charge in [0.1, 0.15) is 11.2 Å². The lowest BCUT2D eigenvalue weighted by Crippen LogP contribution is -2.33. The van der Waals surface area contributed by atoms with E-state index >= 15 is 0 Å². The number of hydrogen-bond acceptors (Lipinski definition) is 6. The number of carbonyl (C=O) groups is 1. The molecule has 0 saturated carbocycles. The fourth-order valence-electron chi connectivity index (χ4n) is 3.33. The van der Waals surface area contributed by atoms with Crippen molar-refractivity contribution in [3.63, 3.8) is 0 Å². The lowest BCUT2D eigenvalue weighted by atomic mass is 10.1. The summed E-state index contributed by atoms with van der Waals surface area (Å²) in [5.41, 5.74) is 2.24. The molecule has 4 rings (SSSR count). The van der Waals surface area contributed by atoms with E-state index in [4.69, 9.17) is 4.74 Å². The Kier molecular flexibility index (Phi) is 4.68. The SMILES string of the molecule is O=C(O)c1cc2c(Nc3cccc(C4CNCCO4)c3)ccc([N+](=O)[O-])c2[nH]1. The first-order chi connectivity index (χ1) is 13.5. The summed E-state index contributed by atoms with van der Waals surface area (Å²) >= 11 is 0. The normalized spacial score (nSPS) is 16.8. The van der Waals surface area contributed by atoms with E-state index in [1.807, 2.05) is 24.3 Å². The number of nitrogens with one attached hydrogen (secondary N) is 3. The van der Waals surface area contributed by atoms with Crippen molar-refractivity contribution in [3.05, 3.63) is 63.8 Å². The molecule has 1 saturated heterocycles. The molecular formula is C19H18N4O5. The molecule has 1 aromatic heterocycles. The van der Waals surface area contributed by atoms with E-state index in [2.05, 4.69) is 15.6 Å². The molecule has 3 aromatic rings. The Morgan fingerprint density at radius 3 is 2.86 bits per heavy atom. The van der Waals surface area contributed by atoms with Gasteiger partial charge in [-0.25, -0.2) is 4.79 Å². The van der Waals surface area contributed by atoms with E-state index in [-0.39, 0.29) is 23.0 Å². The second-order valence-electron chi connectivity index (χ2n) is 6.48. The number of aromatic amines is 1. The molecule has 2 heterocycles. The number of nitro groups is 1. The number of non-ortho nitro benzene ring substituents is 1. The molecular weight excluding hydrogens is 364 g/mol. The van der Waals surface area contributed by atoms with Gasteiger partial charge in [-0.3, -0.25) is 10.1 Å². The van der Waals surface area contributed by atoms with Gasteiger partial charge in [0.05, 0.1) is 17.6 Å². The first-order valence-electron chi connectivity index (χ1n) is 8.75. The Bertz CT molecular complexity index is 1060. The van der Waals surface area contributed by atoms with Crippen LogP contribution in [0.3, 0.4) is 0 Å². The van der Waals surface area contributed by atoms with E-state index in [1.165, 1.54) is 12.1 Å². The summed E-state index contributed by atoms with van der Waals surface area (Å²) in [5, 5.41) is 27.5. The van der Waals surface area contributed by atoms with E-state index in [1.54, 1.807) is 6.07 Å². The van der Waals surface area contributed by atoms with Gasteiger partial charge in [0.15, 0.2) is 0 Å². The van der Waals surface area contributed by atoms with Crippen LogP contribution in [0.25, 0.3) is 10.9 Å². The number of anilines is 2. The topological polar surface area (TPSA) is 130 Å². The largest absolute Gasteiger partial charge is 0.477 e. The van der Waals surface area contributed by atoms with Crippen LogP contribution in [0, 0.1) is 10.1 Å². The molecule has 1 aliphatic rings. The van der Waals surface area contributed by atoms with Crippen molar-refractivity contribution in [1.82, 2.24) is 10.3 Å². The molecule has 1 aliphatic heterocycles. The Hall–Kier alpha value is -3.43. The van der Waals surface area contributed by atoms with Crippen LogP contribution in [-0.2, 0) is 4.74 Å². The number of ether oxygens (including phenoxy) is 1. The van der Waals surface area contributed by atoms with Crippen LogP contribution < -0.4 is 10.6 Å². The average Bonchev–Trinajstić information content (AvgIpc) is 3.15. The molecule has 144 valence electrons. The molecule has 0 spiro atoms. The van der Waals surface area contributed by atoms with Crippen molar-refractivity contribution >= 4 is 33.9 Å². The molecule has 1 unspecified atom stereocenters. The zero-order valence-electron chi connectivity index (χ0n) is 14.8. The van der Waals surface area contributed by atoms with Crippen molar-refractivity contribution < 1.29 is 19.6 Å². The van der Waals surface area contributed by atoms with Gasteiger partial charge in [0.2, 0.25) is 0 Å². The van der Waals surface area contributed by atoms with Crippen LogP contribution in [0.4, 0.5) is 17.1 Å². The number of aromatic carboxylic acids is 1. The Balaban J connectivity index is 1.71. The Morgan fingerprint density at radius 1 is 1.29 bits per heavy atom. The minimum atomic E-state index is -1.18. The number of morpholine rings is 1. The highest BCUT2D eigenvalue weighted by Crippen LogP contribution is 2.34. The highest BCUT2D eigenvalue weighted by atomic mass is 16.6. The van der Waals surface area contributed by atoms with Crippen LogP contribution in [-0.4, -0.2) is 40.7 Å². The molecule has 0 amide bonds. The second kappa shape index (κ2) is 7.29. The summed E-state index contributed by atoms with van der Waals surface area (Å²) in [6.07, 6.45) is -0.0433. The molecule has 0 radical (unpaired) electrons. The van der Waals surface area contributed by atoms with E-state index < -0.39 is 10.9 Å². The van der Waals surface area contributed by atoms with E-state index in [0.29, 0.717) is 17.7 Å². The van der Waals surface area contributed by atoms with Gasteiger partial charge in [-0.1, -0.05) is 12.1 Å². The smallest absolute Gasteiger partial charge is 0.352 e. The van der Waals surface area contributed by atoms with Crippen LogP contribution >= 0.6 is 0 Å². The number of carboxylic acids is 1. The summed E-state index contributed by atoms with van der Waals surface area (Å²) in [4.78, 5) is 24.7. The first-order valence-corrected chi connectivity index (χ1v) is 8.75. The quantitative estimate of drug-likeness (QED) is 0.394. The van der Waals surface area contributed by atoms with Gasteiger partial charge in [-0.05, 0) is 29.8 Å². The predicted molar refractivity (Wildman–Crippen MR) is 103 cm³/mol. The van der Waals surface area contributed by atoms with Crippen molar-refractivity contribution in [2.24, 2.45) is 0 Å². The molecule has 1 atom stereocenters. The molecule has 1 fully saturated rings. The molecule has 0 aliphatic carbocycles. The number of aromatic nitrogens is 1. The first kappa shape index (κ1) is 18.0. The monoisotopic (exact) mass is 382 g/mol. The molecule has 4 N–H and O–H groups in total. The van der Waals surface area contributed by atoms with Gasteiger partial charge in [-0.15, -0.1) is 0 Å². The molecule has 28 heavy (non-hydrogen) atoms. The lowest BCUT2D eigenvalue weighted by molar-refractivity contribution is -0.383. The van der Waals surface area contributed by atoms with E-state index in [0.717, 1.165) is 24.3 Å². The molecule has 9 heteroatoms. The molecule has 0 bridgehead atoms. The maximum Gasteiger partial charge on any atom is 0.352 e. The van der Waals surface area contributed by atoms with Crippen LogP contribution in [0.5, 0.6) is 0 Å². The third kappa shape index (κ3) is 3.40. The fraction of sp³-hybridized carbons (Fsp3) is 0.211. The van der Waals surface area contributed by atoms with Gasteiger partial charge in [0.25, 0.3) is 5.69 Å². The summed E-state index contributed by atoms with van der Waals surface area (Å²) in [7, 11) is 0. The number of rotatable bonds is 5. The Labute approximate surface area is 159 Å². The minimum absolute atomic E-state index is 0.0433. The number of fused-ring (bicyclic) bond motifs is 1. The highest BCUT2D eigenvalue weighted by Gasteiger charge is 2.20. The molecule has 9 nitrogen and oxygen atoms in total. The number of carboxylic acid groups (broad SMARTS) is 1. The third-order valence-corrected chi connectivity index (χ3v) is 4.66. The summed E-state index contributed by atoms with van der Waals surface area (Å²) in [6.45, 7) is 2.20. The van der Waals surface area contributed by atoms with Crippen LogP contribution in [0.2, 0.25) is 0 Å². The Morgan fingerprint density at radius 2 is 2.14 bits per heavy atom. The number of nitro benzene ring substituents is 1. The number of H-pyrrole nitrogens is 1. The number of hydrogen-bond donors (Lipinski definition) is 4. The number of benzene rings is 2. The molecule has 2 aromatic carbocycles. The summed E-state index contributed by atoms with van der Waals surface area (Å²) in [5.74, 6) is -1.18.